The van der Waals surface area contributed by atoms with Crippen LogP contribution in [0.5, 0.6) is 0 Å². The van der Waals surface area contributed by atoms with E-state index < -0.39 is 17.6 Å². The summed E-state index contributed by atoms with van der Waals surface area (Å²) < 4.78 is 0. The lowest BCUT2D eigenvalue weighted by Gasteiger charge is -2.33. The molecule has 1 aromatic heterocycles. The first-order valence-electron chi connectivity index (χ1n) is 9.06. The van der Waals surface area contributed by atoms with Crippen LogP contribution in [0.1, 0.15) is 49.5 Å². The number of carbonyl (C=O) groups excluding carboxylic acids is 3. The molecule has 134 valence electrons. The third kappa shape index (κ3) is 2.47. The van der Waals surface area contributed by atoms with E-state index in [0.717, 1.165) is 47.4 Å². The smallest absolute Gasteiger partial charge is 0.326 e. The molecule has 2 atom stereocenters. The predicted molar refractivity (Wildman–Crippen MR) is 94.2 cm³/mol. The number of carbonyl (C=O) groups is 3. The summed E-state index contributed by atoms with van der Waals surface area (Å²) in [5.74, 6) is -0.392. The topological polar surface area (TPSA) is 69.7 Å². The van der Waals surface area contributed by atoms with Crippen molar-refractivity contribution in [1.29, 1.82) is 0 Å². The molecule has 0 aromatic carbocycles. The Hall–Kier alpha value is -1.89. The van der Waals surface area contributed by atoms with Crippen molar-refractivity contribution in [2.45, 2.75) is 57.0 Å². The number of rotatable bonds is 2. The van der Waals surface area contributed by atoms with Gasteiger partial charge in [0.25, 0.3) is 5.91 Å². The number of thiophene rings is 1. The van der Waals surface area contributed by atoms with Crippen molar-refractivity contribution in [2.75, 3.05) is 13.1 Å². The molecule has 1 spiro atoms. The lowest BCUT2D eigenvalue weighted by molar-refractivity contribution is -0.143. The molecule has 25 heavy (non-hydrogen) atoms. The third-order valence-electron chi connectivity index (χ3n) is 5.70. The van der Waals surface area contributed by atoms with E-state index in [1.807, 2.05) is 11.4 Å². The zero-order valence-electron chi connectivity index (χ0n) is 14.4. The maximum absolute atomic E-state index is 13.3. The molecule has 0 bridgehead atoms. The van der Waals surface area contributed by atoms with E-state index in [1.54, 1.807) is 23.2 Å². The number of hydrogen-bond donors (Lipinski definition) is 1. The van der Waals surface area contributed by atoms with Crippen molar-refractivity contribution in [3.63, 3.8) is 0 Å². The van der Waals surface area contributed by atoms with Crippen LogP contribution in [0, 0.1) is 0 Å². The minimum absolute atomic E-state index is 0.124. The van der Waals surface area contributed by atoms with Crippen molar-refractivity contribution in [1.82, 2.24) is 15.1 Å². The van der Waals surface area contributed by atoms with Gasteiger partial charge in [-0.05, 0) is 56.9 Å². The van der Waals surface area contributed by atoms with Gasteiger partial charge in [-0.3, -0.25) is 9.59 Å². The summed E-state index contributed by atoms with van der Waals surface area (Å²) in [6.45, 7) is 3.10. The zero-order valence-corrected chi connectivity index (χ0v) is 15.2. The first kappa shape index (κ1) is 16.6. The van der Waals surface area contributed by atoms with Crippen LogP contribution in [0.4, 0.5) is 4.79 Å². The van der Waals surface area contributed by atoms with Crippen LogP contribution in [-0.4, -0.2) is 46.8 Å². The Morgan fingerprint density at radius 1 is 1.24 bits per heavy atom. The van der Waals surface area contributed by atoms with E-state index in [9.17, 15) is 14.4 Å². The van der Waals surface area contributed by atoms with E-state index in [2.05, 4.69) is 5.32 Å². The van der Waals surface area contributed by atoms with Gasteiger partial charge in [0.05, 0.1) is 0 Å². The molecule has 1 N–H and O–H groups in total. The Morgan fingerprint density at radius 2 is 2.00 bits per heavy atom. The molecule has 3 heterocycles. The Morgan fingerprint density at radius 3 is 2.76 bits per heavy atom. The number of aryl methyl sites for hydroxylation is 1. The number of hydrogen-bond acceptors (Lipinski definition) is 4. The highest BCUT2D eigenvalue weighted by atomic mass is 32.1. The van der Waals surface area contributed by atoms with Crippen molar-refractivity contribution in [3.05, 3.63) is 21.9 Å². The number of likely N-dealkylation sites (tertiary alicyclic amines) is 1. The van der Waals surface area contributed by atoms with Gasteiger partial charge in [0.15, 0.2) is 0 Å². The summed E-state index contributed by atoms with van der Waals surface area (Å²) in [7, 11) is 0. The lowest BCUT2D eigenvalue weighted by atomic mass is 9.80. The van der Waals surface area contributed by atoms with Crippen LogP contribution >= 0.6 is 11.3 Å². The maximum atomic E-state index is 13.3. The molecule has 2 fully saturated rings. The molecular formula is C18H23N3O3S. The van der Waals surface area contributed by atoms with Gasteiger partial charge < -0.3 is 10.2 Å². The van der Waals surface area contributed by atoms with Crippen molar-refractivity contribution in [2.24, 2.45) is 0 Å². The average molecular weight is 361 g/mol. The van der Waals surface area contributed by atoms with Crippen molar-refractivity contribution in [3.8, 4) is 0 Å². The van der Waals surface area contributed by atoms with Gasteiger partial charge in [0.2, 0.25) is 5.91 Å². The number of nitrogens with zero attached hydrogens (tertiary/aromatic N) is 2. The van der Waals surface area contributed by atoms with Crippen molar-refractivity contribution >= 4 is 29.2 Å². The van der Waals surface area contributed by atoms with Gasteiger partial charge in [0.1, 0.15) is 11.6 Å². The Labute approximate surface area is 151 Å². The van der Waals surface area contributed by atoms with Crippen LogP contribution in [0.2, 0.25) is 0 Å². The molecule has 1 aromatic rings. The molecule has 3 aliphatic rings. The van der Waals surface area contributed by atoms with Crippen LogP contribution < -0.4 is 5.32 Å². The molecule has 2 aliphatic heterocycles. The second kappa shape index (κ2) is 6.12. The quantitative estimate of drug-likeness (QED) is 0.821. The summed E-state index contributed by atoms with van der Waals surface area (Å²) in [4.78, 5) is 42.8. The lowest BCUT2D eigenvalue weighted by Crippen LogP contribution is -2.52. The maximum Gasteiger partial charge on any atom is 0.326 e. The van der Waals surface area contributed by atoms with Crippen molar-refractivity contribution < 1.29 is 14.4 Å². The summed E-state index contributed by atoms with van der Waals surface area (Å²) in [5, 5.41) is 4.90. The van der Waals surface area contributed by atoms with Gasteiger partial charge in [0, 0.05) is 23.5 Å². The Kier molecular flexibility index (Phi) is 4.06. The van der Waals surface area contributed by atoms with Gasteiger partial charge in [-0.25, -0.2) is 9.69 Å². The standard InChI is InChI=1S/C18H23N3O3S/c1-12(15(22)20-9-3-2-4-10-20)21-16(23)18(19-17(21)24)8-5-6-14-13(18)7-11-25-14/h7,11-12H,2-6,8-10H2,1H3,(H,19,24)/t12-,18-/m1/s1. The normalized spacial score (nSPS) is 27.4. The summed E-state index contributed by atoms with van der Waals surface area (Å²) >= 11 is 1.63. The fraction of sp³-hybridized carbons (Fsp3) is 0.611. The largest absolute Gasteiger partial charge is 0.341 e. The SMILES string of the molecule is C[C@H](C(=O)N1CCCCC1)N1C(=O)N[C@@]2(CCCc3sccc32)C1=O. The summed E-state index contributed by atoms with van der Waals surface area (Å²) in [6.07, 6.45) is 5.51. The number of amides is 4. The number of fused-ring (bicyclic) bond motifs is 2. The molecule has 7 heteroatoms. The van der Waals surface area contributed by atoms with E-state index in [1.165, 1.54) is 0 Å². The van der Waals surface area contributed by atoms with Crippen LogP contribution in [0.15, 0.2) is 11.4 Å². The second-order valence-corrected chi connectivity index (χ2v) is 8.18. The molecule has 1 aliphatic carbocycles. The predicted octanol–water partition coefficient (Wildman–Crippen LogP) is 2.23. The highest BCUT2D eigenvalue weighted by Crippen LogP contribution is 2.42. The zero-order chi connectivity index (χ0) is 17.6. The van der Waals surface area contributed by atoms with Crippen LogP contribution in [-0.2, 0) is 21.5 Å². The van der Waals surface area contributed by atoms with Crippen LogP contribution in [0.3, 0.4) is 0 Å². The Balaban J connectivity index is 1.61. The number of nitrogens with one attached hydrogen (secondary N) is 1. The number of piperidine rings is 1. The fourth-order valence-electron chi connectivity index (χ4n) is 4.35. The van der Waals surface area contributed by atoms with Gasteiger partial charge in [-0.1, -0.05) is 0 Å². The fourth-order valence-corrected chi connectivity index (χ4v) is 5.35. The second-order valence-electron chi connectivity index (χ2n) is 7.18. The minimum atomic E-state index is -0.971. The molecule has 4 rings (SSSR count). The third-order valence-corrected chi connectivity index (χ3v) is 6.68. The molecular weight excluding hydrogens is 338 g/mol. The Bertz CT molecular complexity index is 725. The number of urea groups is 1. The summed E-state index contributed by atoms with van der Waals surface area (Å²) in [5.41, 5.74) is -0.0524. The first-order valence-corrected chi connectivity index (χ1v) is 9.94. The molecule has 0 unspecified atom stereocenters. The molecule has 4 amide bonds. The monoisotopic (exact) mass is 361 g/mol. The van der Waals surface area contributed by atoms with Crippen LogP contribution in [0.25, 0.3) is 0 Å². The highest BCUT2D eigenvalue weighted by Gasteiger charge is 2.56. The number of imide groups is 1. The first-order chi connectivity index (χ1) is 12.0. The van der Waals surface area contributed by atoms with Gasteiger partial charge >= 0.3 is 6.03 Å². The highest BCUT2D eigenvalue weighted by molar-refractivity contribution is 7.10. The van der Waals surface area contributed by atoms with E-state index in [0.29, 0.717) is 19.5 Å². The molecule has 6 nitrogen and oxygen atoms in total. The minimum Gasteiger partial charge on any atom is -0.341 e. The molecule has 2 saturated heterocycles. The van der Waals surface area contributed by atoms with E-state index >= 15 is 0 Å². The van der Waals surface area contributed by atoms with Gasteiger partial charge in [-0.15, -0.1) is 11.3 Å². The van der Waals surface area contributed by atoms with E-state index in [4.69, 9.17) is 0 Å². The van der Waals surface area contributed by atoms with E-state index in [-0.39, 0.29) is 11.8 Å². The average Bonchev–Trinajstić information content (AvgIpc) is 3.20. The summed E-state index contributed by atoms with van der Waals surface area (Å²) in [6, 6.07) is 0.744. The molecule has 0 saturated carbocycles. The molecule has 0 radical (unpaired) electrons. The van der Waals surface area contributed by atoms with Gasteiger partial charge in [-0.2, -0.15) is 0 Å².